The zero-order valence-electron chi connectivity index (χ0n) is 12.8. The van der Waals surface area contributed by atoms with Crippen LogP contribution in [0.1, 0.15) is 53.4 Å². The number of hydrogen-bond acceptors (Lipinski definition) is 3. The Kier molecular flexibility index (Phi) is 4.09. The lowest BCUT2D eigenvalue weighted by Crippen LogP contribution is -2.56. The average Bonchev–Trinajstić information content (AvgIpc) is 2.32. The topological polar surface area (TPSA) is 41.6 Å². The number of ether oxygens (including phenoxy) is 1. The second-order valence-corrected chi connectivity index (χ2v) is 7.28. The lowest BCUT2D eigenvalue weighted by molar-refractivity contribution is -0.0155. The van der Waals surface area contributed by atoms with Gasteiger partial charge in [-0.2, -0.15) is 0 Å². The highest BCUT2D eigenvalue weighted by atomic mass is 16.6. The van der Waals surface area contributed by atoms with Crippen molar-refractivity contribution in [2.75, 3.05) is 19.6 Å². The molecule has 0 aromatic rings. The molecule has 2 saturated heterocycles. The summed E-state index contributed by atoms with van der Waals surface area (Å²) in [7, 11) is 0. The third-order valence-electron chi connectivity index (χ3n) is 4.32. The molecule has 0 radical (unpaired) electrons. The number of likely N-dealkylation sites (tertiary alicyclic amines) is 1. The summed E-state index contributed by atoms with van der Waals surface area (Å²) in [5.74, 6) is 0. The van der Waals surface area contributed by atoms with Gasteiger partial charge in [-0.1, -0.05) is 0 Å². The minimum absolute atomic E-state index is 0.148. The van der Waals surface area contributed by atoms with Crippen molar-refractivity contribution in [1.82, 2.24) is 10.2 Å². The molecule has 1 amide bonds. The monoisotopic (exact) mass is 268 g/mol. The maximum absolute atomic E-state index is 12.3. The maximum Gasteiger partial charge on any atom is 0.410 e. The van der Waals surface area contributed by atoms with E-state index in [2.05, 4.69) is 12.2 Å². The van der Waals surface area contributed by atoms with Crippen molar-refractivity contribution in [2.24, 2.45) is 5.41 Å². The molecule has 2 atom stereocenters. The fourth-order valence-corrected chi connectivity index (χ4v) is 3.21. The molecule has 1 spiro atoms. The largest absolute Gasteiger partial charge is 0.444 e. The lowest BCUT2D eigenvalue weighted by Gasteiger charge is -2.48. The SMILES string of the molecule is CC1CCC2(CCCNC2)CN1C(=O)OC(C)(C)C. The Bertz CT molecular complexity index is 330. The van der Waals surface area contributed by atoms with E-state index in [9.17, 15) is 4.79 Å². The van der Waals surface area contributed by atoms with Crippen LogP contribution in [-0.4, -0.2) is 42.3 Å². The Balaban J connectivity index is 2.03. The van der Waals surface area contributed by atoms with Crippen LogP contribution in [0.3, 0.4) is 0 Å². The van der Waals surface area contributed by atoms with Crippen LogP contribution >= 0.6 is 0 Å². The molecule has 1 N–H and O–H groups in total. The highest BCUT2D eigenvalue weighted by molar-refractivity contribution is 5.68. The summed E-state index contributed by atoms with van der Waals surface area (Å²) in [6, 6.07) is 0.294. The summed E-state index contributed by atoms with van der Waals surface area (Å²) in [6.07, 6.45) is 4.61. The Labute approximate surface area is 116 Å². The molecule has 0 saturated carbocycles. The predicted octanol–water partition coefficient (Wildman–Crippen LogP) is 2.78. The molecule has 0 aromatic heterocycles. The van der Waals surface area contributed by atoms with Crippen LogP contribution in [0.2, 0.25) is 0 Å². The van der Waals surface area contributed by atoms with Crippen molar-refractivity contribution >= 4 is 6.09 Å². The first kappa shape index (κ1) is 14.6. The van der Waals surface area contributed by atoms with E-state index in [-0.39, 0.29) is 11.5 Å². The fourth-order valence-electron chi connectivity index (χ4n) is 3.21. The number of hydrogen-bond donors (Lipinski definition) is 1. The second-order valence-electron chi connectivity index (χ2n) is 7.28. The molecular weight excluding hydrogens is 240 g/mol. The third-order valence-corrected chi connectivity index (χ3v) is 4.32. The van der Waals surface area contributed by atoms with E-state index >= 15 is 0 Å². The number of carbonyl (C=O) groups is 1. The van der Waals surface area contributed by atoms with Crippen molar-refractivity contribution in [3.05, 3.63) is 0 Å². The van der Waals surface area contributed by atoms with E-state index in [1.165, 1.54) is 19.3 Å². The number of carbonyl (C=O) groups excluding carboxylic acids is 1. The van der Waals surface area contributed by atoms with Gasteiger partial charge >= 0.3 is 6.09 Å². The zero-order chi connectivity index (χ0) is 14.1. The van der Waals surface area contributed by atoms with Gasteiger partial charge in [0.05, 0.1) is 0 Å². The number of nitrogens with zero attached hydrogens (tertiary/aromatic N) is 1. The van der Waals surface area contributed by atoms with E-state index in [0.717, 1.165) is 26.1 Å². The summed E-state index contributed by atoms with van der Waals surface area (Å²) >= 11 is 0. The summed E-state index contributed by atoms with van der Waals surface area (Å²) in [5, 5.41) is 3.49. The number of nitrogens with one attached hydrogen (secondary N) is 1. The van der Waals surface area contributed by atoms with Gasteiger partial charge in [0.25, 0.3) is 0 Å². The molecule has 0 bridgehead atoms. The van der Waals surface area contributed by atoms with Crippen molar-refractivity contribution in [1.29, 1.82) is 0 Å². The summed E-state index contributed by atoms with van der Waals surface area (Å²) in [5.41, 5.74) is -0.131. The first-order valence-corrected chi connectivity index (χ1v) is 7.52. The minimum atomic E-state index is -0.410. The molecule has 2 unspecified atom stereocenters. The van der Waals surface area contributed by atoms with Gasteiger partial charge in [-0.05, 0) is 59.9 Å². The summed E-state index contributed by atoms with van der Waals surface area (Å²) < 4.78 is 5.55. The summed E-state index contributed by atoms with van der Waals surface area (Å²) in [4.78, 5) is 14.3. The van der Waals surface area contributed by atoms with Crippen LogP contribution < -0.4 is 5.32 Å². The van der Waals surface area contributed by atoms with Gasteiger partial charge in [-0.3, -0.25) is 0 Å². The number of piperidine rings is 2. The first-order chi connectivity index (χ1) is 8.81. The number of rotatable bonds is 0. The molecule has 0 aromatic carbocycles. The molecule has 4 nitrogen and oxygen atoms in total. The van der Waals surface area contributed by atoms with Crippen molar-refractivity contribution in [3.63, 3.8) is 0 Å². The Morgan fingerprint density at radius 1 is 1.37 bits per heavy atom. The molecule has 2 rings (SSSR count). The fraction of sp³-hybridized carbons (Fsp3) is 0.933. The Hall–Kier alpha value is -0.770. The van der Waals surface area contributed by atoms with Crippen LogP contribution in [0.4, 0.5) is 4.79 Å². The lowest BCUT2D eigenvalue weighted by atomic mass is 9.73. The highest BCUT2D eigenvalue weighted by Crippen LogP contribution is 2.38. The van der Waals surface area contributed by atoms with E-state index in [0.29, 0.717) is 6.04 Å². The molecule has 2 fully saturated rings. The molecular formula is C15H28N2O2. The van der Waals surface area contributed by atoms with Gasteiger partial charge in [0.2, 0.25) is 0 Å². The molecule has 2 aliphatic heterocycles. The van der Waals surface area contributed by atoms with E-state index < -0.39 is 5.60 Å². The standard InChI is InChI=1S/C15H28N2O2/c1-12-6-8-15(7-5-9-16-10-15)11-17(12)13(18)19-14(2,3)4/h12,16H,5-11H2,1-4H3. The van der Waals surface area contributed by atoms with Crippen molar-refractivity contribution in [2.45, 2.75) is 65.0 Å². The van der Waals surface area contributed by atoms with E-state index in [1.807, 2.05) is 25.7 Å². The second kappa shape index (κ2) is 5.31. The Morgan fingerprint density at radius 3 is 2.68 bits per heavy atom. The highest BCUT2D eigenvalue weighted by Gasteiger charge is 2.41. The van der Waals surface area contributed by atoms with Crippen molar-refractivity contribution < 1.29 is 9.53 Å². The van der Waals surface area contributed by atoms with Gasteiger partial charge in [0.1, 0.15) is 5.60 Å². The molecule has 2 heterocycles. The van der Waals surface area contributed by atoms with Gasteiger partial charge < -0.3 is 15.0 Å². The predicted molar refractivity (Wildman–Crippen MR) is 76.2 cm³/mol. The van der Waals surface area contributed by atoms with Gasteiger partial charge in [0, 0.05) is 24.5 Å². The smallest absolute Gasteiger partial charge is 0.410 e. The quantitative estimate of drug-likeness (QED) is 0.734. The van der Waals surface area contributed by atoms with Gasteiger partial charge in [-0.15, -0.1) is 0 Å². The molecule has 19 heavy (non-hydrogen) atoms. The van der Waals surface area contributed by atoms with Gasteiger partial charge in [0.15, 0.2) is 0 Å². The summed E-state index contributed by atoms with van der Waals surface area (Å²) in [6.45, 7) is 10.9. The van der Waals surface area contributed by atoms with Crippen LogP contribution in [0, 0.1) is 5.41 Å². The maximum atomic E-state index is 12.3. The van der Waals surface area contributed by atoms with Crippen LogP contribution in [0.25, 0.3) is 0 Å². The normalized spacial score (nSPS) is 32.4. The van der Waals surface area contributed by atoms with Gasteiger partial charge in [-0.25, -0.2) is 4.79 Å². The zero-order valence-corrected chi connectivity index (χ0v) is 12.8. The molecule has 4 heteroatoms. The van der Waals surface area contributed by atoms with E-state index in [1.54, 1.807) is 0 Å². The molecule has 2 aliphatic rings. The van der Waals surface area contributed by atoms with Crippen LogP contribution in [-0.2, 0) is 4.74 Å². The van der Waals surface area contributed by atoms with Crippen LogP contribution in [0.5, 0.6) is 0 Å². The minimum Gasteiger partial charge on any atom is -0.444 e. The first-order valence-electron chi connectivity index (χ1n) is 7.52. The van der Waals surface area contributed by atoms with Crippen LogP contribution in [0.15, 0.2) is 0 Å². The average molecular weight is 268 g/mol. The Morgan fingerprint density at radius 2 is 2.11 bits per heavy atom. The van der Waals surface area contributed by atoms with Crippen molar-refractivity contribution in [3.8, 4) is 0 Å². The third kappa shape index (κ3) is 3.62. The van der Waals surface area contributed by atoms with E-state index in [4.69, 9.17) is 4.74 Å². The number of amides is 1. The molecule has 0 aliphatic carbocycles. The molecule has 110 valence electrons.